The van der Waals surface area contributed by atoms with Crippen molar-refractivity contribution in [2.45, 2.75) is 38.8 Å². The number of rotatable bonds is 9. The molecule has 2 aromatic carbocycles. The number of carbonyl (C=O) groups is 2. The lowest BCUT2D eigenvalue weighted by molar-refractivity contribution is -0.132. The SMILES string of the molecule is CC[C@H](C)N1CCC(=O)N(C[C@@H](O)COc2ccc(Oc3ccccc3)cc2)C1=O. The summed E-state index contributed by atoms with van der Waals surface area (Å²) in [6.07, 6.45) is 0.102. The zero-order chi connectivity index (χ0) is 21.5. The summed E-state index contributed by atoms with van der Waals surface area (Å²) in [5.41, 5.74) is 0. The third kappa shape index (κ3) is 5.51. The first-order valence-corrected chi connectivity index (χ1v) is 10.2. The Kier molecular flexibility index (Phi) is 7.30. The number of benzene rings is 2. The number of imide groups is 1. The van der Waals surface area contributed by atoms with Gasteiger partial charge in [-0.3, -0.25) is 9.69 Å². The Hall–Kier alpha value is -3.06. The molecule has 1 aliphatic rings. The molecule has 2 atom stereocenters. The Morgan fingerprint density at radius 1 is 1.00 bits per heavy atom. The first kappa shape index (κ1) is 21.6. The van der Waals surface area contributed by atoms with Gasteiger partial charge in [-0.2, -0.15) is 0 Å². The van der Waals surface area contributed by atoms with Crippen LogP contribution in [0.15, 0.2) is 54.6 Å². The maximum Gasteiger partial charge on any atom is 0.327 e. The number of aliphatic hydroxyl groups excluding tert-OH is 1. The molecule has 1 saturated heterocycles. The summed E-state index contributed by atoms with van der Waals surface area (Å²) in [6, 6.07) is 16.2. The van der Waals surface area contributed by atoms with E-state index in [9.17, 15) is 14.7 Å². The van der Waals surface area contributed by atoms with E-state index in [0.29, 0.717) is 18.0 Å². The monoisotopic (exact) mass is 412 g/mol. The summed E-state index contributed by atoms with van der Waals surface area (Å²) in [7, 11) is 0. The van der Waals surface area contributed by atoms with Crippen molar-refractivity contribution in [2.24, 2.45) is 0 Å². The zero-order valence-electron chi connectivity index (χ0n) is 17.4. The molecule has 0 radical (unpaired) electrons. The van der Waals surface area contributed by atoms with E-state index in [-0.39, 0.29) is 37.6 Å². The topological polar surface area (TPSA) is 79.3 Å². The molecule has 30 heavy (non-hydrogen) atoms. The highest BCUT2D eigenvalue weighted by Crippen LogP contribution is 2.23. The van der Waals surface area contributed by atoms with Crippen molar-refractivity contribution >= 4 is 11.9 Å². The zero-order valence-corrected chi connectivity index (χ0v) is 17.4. The van der Waals surface area contributed by atoms with E-state index in [1.165, 1.54) is 0 Å². The van der Waals surface area contributed by atoms with Crippen LogP contribution >= 0.6 is 0 Å². The standard InChI is InChI=1S/C23H28N2O5/c1-3-17(2)24-14-13-22(27)25(23(24)28)15-18(26)16-29-19-9-11-21(12-10-19)30-20-7-5-4-6-8-20/h4-12,17-18,26H,3,13-16H2,1-2H3/t17-,18+/m0/s1. The second-order valence-corrected chi connectivity index (χ2v) is 7.34. The number of hydrogen-bond donors (Lipinski definition) is 1. The highest BCUT2D eigenvalue weighted by molar-refractivity contribution is 5.97. The van der Waals surface area contributed by atoms with Crippen LogP contribution < -0.4 is 9.47 Å². The number of para-hydroxylation sites is 1. The van der Waals surface area contributed by atoms with Gasteiger partial charge in [-0.1, -0.05) is 25.1 Å². The van der Waals surface area contributed by atoms with Crippen molar-refractivity contribution in [3.63, 3.8) is 0 Å². The summed E-state index contributed by atoms with van der Waals surface area (Å²) >= 11 is 0. The van der Waals surface area contributed by atoms with Crippen LogP contribution in [-0.2, 0) is 4.79 Å². The minimum atomic E-state index is -0.977. The molecule has 160 valence electrons. The van der Waals surface area contributed by atoms with Gasteiger partial charge in [-0.25, -0.2) is 4.79 Å². The number of ether oxygens (including phenoxy) is 2. The molecule has 3 amide bonds. The van der Waals surface area contributed by atoms with Crippen LogP contribution in [0.25, 0.3) is 0 Å². The van der Waals surface area contributed by atoms with Crippen molar-refractivity contribution < 1.29 is 24.2 Å². The van der Waals surface area contributed by atoms with Crippen LogP contribution in [-0.4, -0.2) is 58.7 Å². The fraction of sp³-hybridized carbons (Fsp3) is 0.391. The molecule has 1 heterocycles. The van der Waals surface area contributed by atoms with Crippen molar-refractivity contribution in [1.29, 1.82) is 0 Å². The first-order chi connectivity index (χ1) is 14.5. The van der Waals surface area contributed by atoms with Gasteiger partial charge in [0.25, 0.3) is 0 Å². The van der Waals surface area contributed by atoms with Gasteiger partial charge in [-0.05, 0) is 49.7 Å². The van der Waals surface area contributed by atoms with Crippen LogP contribution in [0.5, 0.6) is 17.2 Å². The lowest BCUT2D eigenvalue weighted by Gasteiger charge is -2.38. The van der Waals surface area contributed by atoms with Crippen LogP contribution in [0, 0.1) is 0 Å². The summed E-state index contributed by atoms with van der Waals surface area (Å²) in [6.45, 7) is 4.26. The molecule has 1 N–H and O–H groups in total. The third-order valence-corrected chi connectivity index (χ3v) is 5.11. The lowest BCUT2D eigenvalue weighted by Crippen LogP contribution is -2.56. The number of urea groups is 1. The van der Waals surface area contributed by atoms with Crippen molar-refractivity contribution in [2.75, 3.05) is 19.7 Å². The van der Waals surface area contributed by atoms with Crippen LogP contribution in [0.2, 0.25) is 0 Å². The highest BCUT2D eigenvalue weighted by atomic mass is 16.5. The van der Waals surface area contributed by atoms with Gasteiger partial charge in [0.1, 0.15) is 30.0 Å². The minimum Gasteiger partial charge on any atom is -0.491 e. The number of aliphatic hydroxyl groups is 1. The number of β-amino-alcohol motifs (C(OH)–C–C–N with tert-alkyl or cyclic N) is 1. The number of amides is 3. The van der Waals surface area contributed by atoms with Gasteiger partial charge in [0.2, 0.25) is 5.91 Å². The van der Waals surface area contributed by atoms with E-state index in [1.54, 1.807) is 29.2 Å². The second-order valence-electron chi connectivity index (χ2n) is 7.34. The molecule has 7 heteroatoms. The molecular weight excluding hydrogens is 384 g/mol. The van der Waals surface area contributed by atoms with Gasteiger partial charge in [-0.15, -0.1) is 0 Å². The van der Waals surface area contributed by atoms with E-state index in [4.69, 9.17) is 9.47 Å². The quantitative estimate of drug-likeness (QED) is 0.680. The first-order valence-electron chi connectivity index (χ1n) is 10.2. The average Bonchev–Trinajstić information content (AvgIpc) is 2.76. The fourth-order valence-electron chi connectivity index (χ4n) is 3.20. The van der Waals surface area contributed by atoms with Crippen LogP contribution in [0.4, 0.5) is 4.79 Å². The molecular formula is C23H28N2O5. The van der Waals surface area contributed by atoms with Gasteiger partial charge in [0.05, 0.1) is 6.54 Å². The molecule has 7 nitrogen and oxygen atoms in total. The highest BCUT2D eigenvalue weighted by Gasteiger charge is 2.35. The molecule has 2 aromatic rings. The Labute approximate surface area is 176 Å². The summed E-state index contributed by atoms with van der Waals surface area (Å²) in [5.74, 6) is 1.71. The van der Waals surface area contributed by atoms with Gasteiger partial charge in [0, 0.05) is 19.0 Å². The number of nitrogens with zero attached hydrogens (tertiary/aromatic N) is 2. The maximum absolute atomic E-state index is 12.6. The third-order valence-electron chi connectivity index (χ3n) is 5.11. The smallest absolute Gasteiger partial charge is 0.327 e. The van der Waals surface area contributed by atoms with E-state index in [0.717, 1.165) is 17.1 Å². The molecule has 0 unspecified atom stereocenters. The van der Waals surface area contributed by atoms with Gasteiger partial charge in [0.15, 0.2) is 0 Å². The Morgan fingerprint density at radius 3 is 2.30 bits per heavy atom. The predicted molar refractivity (Wildman–Crippen MR) is 113 cm³/mol. The molecule has 0 spiro atoms. The fourth-order valence-corrected chi connectivity index (χ4v) is 3.20. The Balaban J connectivity index is 1.50. The van der Waals surface area contributed by atoms with E-state index < -0.39 is 6.10 Å². The van der Waals surface area contributed by atoms with Crippen LogP contribution in [0.1, 0.15) is 26.7 Å². The predicted octanol–water partition coefficient (Wildman–Crippen LogP) is 3.67. The largest absolute Gasteiger partial charge is 0.491 e. The lowest BCUT2D eigenvalue weighted by atomic mass is 10.1. The number of hydrogen-bond acceptors (Lipinski definition) is 5. The summed E-state index contributed by atoms with van der Waals surface area (Å²) in [5, 5.41) is 10.3. The van der Waals surface area contributed by atoms with E-state index in [2.05, 4.69) is 0 Å². The van der Waals surface area contributed by atoms with Crippen molar-refractivity contribution in [3.05, 3.63) is 54.6 Å². The normalized spacial score (nSPS) is 16.4. The molecule has 1 fully saturated rings. The molecule has 0 saturated carbocycles. The summed E-state index contributed by atoms with van der Waals surface area (Å²) in [4.78, 5) is 27.6. The van der Waals surface area contributed by atoms with Gasteiger partial charge >= 0.3 is 6.03 Å². The van der Waals surface area contributed by atoms with Crippen molar-refractivity contribution in [3.8, 4) is 17.2 Å². The second kappa shape index (κ2) is 10.1. The molecule has 0 aliphatic carbocycles. The molecule has 0 bridgehead atoms. The molecule has 1 aliphatic heterocycles. The van der Waals surface area contributed by atoms with Crippen LogP contribution in [0.3, 0.4) is 0 Å². The number of carbonyl (C=O) groups excluding carboxylic acids is 2. The minimum absolute atomic E-state index is 0.0285. The maximum atomic E-state index is 12.6. The van der Waals surface area contributed by atoms with Crippen molar-refractivity contribution in [1.82, 2.24) is 9.80 Å². The average molecular weight is 412 g/mol. The van der Waals surface area contributed by atoms with E-state index >= 15 is 0 Å². The molecule has 0 aromatic heterocycles. The Bertz CT molecular complexity index is 840. The summed E-state index contributed by atoms with van der Waals surface area (Å²) < 4.78 is 11.3. The van der Waals surface area contributed by atoms with E-state index in [1.807, 2.05) is 44.2 Å². The molecule has 3 rings (SSSR count). The Morgan fingerprint density at radius 2 is 1.63 bits per heavy atom. The van der Waals surface area contributed by atoms with Gasteiger partial charge < -0.3 is 19.5 Å².